The van der Waals surface area contributed by atoms with Crippen molar-refractivity contribution in [2.75, 3.05) is 0 Å². The van der Waals surface area contributed by atoms with E-state index >= 15 is 0 Å². The molecule has 3 rings (SSSR count). The first-order valence-electron chi connectivity index (χ1n) is 5.75. The Morgan fingerprint density at radius 1 is 1.26 bits per heavy atom. The molecule has 1 amide bonds. The van der Waals surface area contributed by atoms with E-state index in [0.29, 0.717) is 17.8 Å². The lowest BCUT2D eigenvalue weighted by Crippen LogP contribution is -2.11. The summed E-state index contributed by atoms with van der Waals surface area (Å²) < 4.78 is 1.74. The number of carbonyl (C=O) groups excluding carboxylic acids is 1. The smallest absolute Gasteiger partial charge is 0.250 e. The summed E-state index contributed by atoms with van der Waals surface area (Å²) in [5.41, 5.74) is 7.20. The zero-order valence-corrected chi connectivity index (χ0v) is 10.0. The molecule has 6 nitrogen and oxygen atoms in total. The number of nitrogens with two attached hydrogens (primary N) is 1. The molecule has 94 valence electrons. The minimum Gasteiger partial charge on any atom is -0.366 e. The summed E-state index contributed by atoms with van der Waals surface area (Å²) in [4.78, 5) is 19.6. The van der Waals surface area contributed by atoms with Gasteiger partial charge < -0.3 is 5.73 Å². The number of pyridine rings is 2. The van der Waals surface area contributed by atoms with Gasteiger partial charge in [0.15, 0.2) is 5.65 Å². The summed E-state index contributed by atoms with van der Waals surface area (Å²) in [5, 5.41) is 5.04. The maximum Gasteiger partial charge on any atom is 0.250 e. The molecule has 0 aliphatic heterocycles. The summed E-state index contributed by atoms with van der Waals surface area (Å²) >= 11 is 0. The highest BCUT2D eigenvalue weighted by molar-refractivity contribution is 5.95. The number of amides is 1. The number of fused-ring (bicyclic) bond motifs is 1. The van der Waals surface area contributed by atoms with E-state index in [2.05, 4.69) is 15.1 Å². The molecule has 0 atom stereocenters. The summed E-state index contributed by atoms with van der Waals surface area (Å²) in [7, 11) is 0. The topological polar surface area (TPSA) is 86.7 Å². The van der Waals surface area contributed by atoms with Gasteiger partial charge >= 0.3 is 0 Å². The van der Waals surface area contributed by atoms with Crippen LogP contribution in [-0.2, 0) is 6.54 Å². The van der Waals surface area contributed by atoms with Gasteiger partial charge in [0.25, 0.3) is 0 Å². The van der Waals surface area contributed by atoms with Gasteiger partial charge in [0.1, 0.15) is 0 Å². The maximum absolute atomic E-state index is 11.1. The SMILES string of the molecule is NC(=O)c1cnc2c(cnn2Cc2ccccn2)c1. The molecule has 0 aliphatic carbocycles. The third-order valence-electron chi connectivity index (χ3n) is 2.80. The van der Waals surface area contributed by atoms with Crippen LogP contribution in [0.15, 0.2) is 42.9 Å². The van der Waals surface area contributed by atoms with E-state index in [9.17, 15) is 4.79 Å². The lowest BCUT2D eigenvalue weighted by molar-refractivity contribution is 0.1000. The van der Waals surface area contributed by atoms with Crippen molar-refractivity contribution in [1.82, 2.24) is 19.7 Å². The van der Waals surface area contributed by atoms with Crippen molar-refractivity contribution in [3.05, 3.63) is 54.1 Å². The second kappa shape index (κ2) is 4.49. The Labute approximate surface area is 108 Å². The van der Waals surface area contributed by atoms with Gasteiger partial charge in [0, 0.05) is 17.8 Å². The first kappa shape index (κ1) is 11.3. The van der Waals surface area contributed by atoms with Crippen LogP contribution in [0.5, 0.6) is 0 Å². The van der Waals surface area contributed by atoms with E-state index in [4.69, 9.17) is 5.73 Å². The molecule has 0 saturated carbocycles. The quantitative estimate of drug-likeness (QED) is 0.753. The Morgan fingerprint density at radius 3 is 2.89 bits per heavy atom. The van der Waals surface area contributed by atoms with Gasteiger partial charge in [0.05, 0.1) is 24.0 Å². The molecule has 0 saturated heterocycles. The Morgan fingerprint density at radius 2 is 2.16 bits per heavy atom. The fraction of sp³-hybridized carbons (Fsp3) is 0.0769. The zero-order valence-electron chi connectivity index (χ0n) is 10.0. The van der Waals surface area contributed by atoms with E-state index in [-0.39, 0.29) is 0 Å². The molecule has 0 bridgehead atoms. The standard InChI is InChI=1S/C13H11N5O/c14-12(19)9-5-10-7-17-18(13(10)16-6-9)8-11-3-1-2-4-15-11/h1-7H,8H2,(H2,14,19). The summed E-state index contributed by atoms with van der Waals surface area (Å²) in [6, 6.07) is 7.40. The average Bonchev–Trinajstić information content (AvgIpc) is 2.82. The Bertz CT molecular complexity index is 735. The highest BCUT2D eigenvalue weighted by Gasteiger charge is 2.08. The maximum atomic E-state index is 11.1. The van der Waals surface area contributed by atoms with Gasteiger partial charge in [-0.1, -0.05) is 6.07 Å². The van der Waals surface area contributed by atoms with E-state index in [0.717, 1.165) is 11.1 Å². The second-order valence-electron chi connectivity index (χ2n) is 4.12. The van der Waals surface area contributed by atoms with Gasteiger partial charge in [-0.25, -0.2) is 9.67 Å². The molecule has 0 fully saturated rings. The van der Waals surface area contributed by atoms with Gasteiger partial charge in [0.2, 0.25) is 5.91 Å². The molecule has 6 heteroatoms. The second-order valence-corrected chi connectivity index (χ2v) is 4.12. The third kappa shape index (κ3) is 2.15. The van der Waals surface area contributed by atoms with Crippen LogP contribution in [0.2, 0.25) is 0 Å². The predicted molar refractivity (Wildman–Crippen MR) is 69.4 cm³/mol. The summed E-state index contributed by atoms with van der Waals surface area (Å²) in [6.07, 6.45) is 4.86. The normalized spacial score (nSPS) is 10.7. The fourth-order valence-corrected chi connectivity index (χ4v) is 1.87. The van der Waals surface area contributed by atoms with Crippen LogP contribution in [0, 0.1) is 0 Å². The molecule has 0 spiro atoms. The van der Waals surface area contributed by atoms with Gasteiger partial charge in [-0.2, -0.15) is 5.10 Å². The molecule has 3 aromatic heterocycles. The molecule has 0 aromatic carbocycles. The van der Waals surface area contributed by atoms with Gasteiger partial charge in [-0.15, -0.1) is 0 Å². The summed E-state index contributed by atoms with van der Waals surface area (Å²) in [5.74, 6) is -0.494. The van der Waals surface area contributed by atoms with Gasteiger partial charge in [-0.05, 0) is 18.2 Å². The minimum atomic E-state index is -0.494. The fourth-order valence-electron chi connectivity index (χ4n) is 1.87. The molecule has 0 aliphatic rings. The molecule has 0 unspecified atom stereocenters. The largest absolute Gasteiger partial charge is 0.366 e. The Kier molecular flexibility index (Phi) is 2.68. The van der Waals surface area contributed by atoms with Crippen LogP contribution in [0.4, 0.5) is 0 Å². The van der Waals surface area contributed by atoms with Crippen LogP contribution >= 0.6 is 0 Å². The van der Waals surface area contributed by atoms with E-state index in [1.807, 2.05) is 18.2 Å². The van der Waals surface area contributed by atoms with Gasteiger partial charge in [-0.3, -0.25) is 9.78 Å². The van der Waals surface area contributed by atoms with Crippen LogP contribution in [0.25, 0.3) is 11.0 Å². The van der Waals surface area contributed by atoms with Crippen LogP contribution in [0.1, 0.15) is 16.1 Å². The van der Waals surface area contributed by atoms with Crippen molar-refractivity contribution in [3.8, 4) is 0 Å². The molecule has 19 heavy (non-hydrogen) atoms. The molecular formula is C13H11N5O. The lowest BCUT2D eigenvalue weighted by atomic mass is 10.2. The predicted octanol–water partition coefficient (Wildman–Crippen LogP) is 0.973. The minimum absolute atomic E-state index is 0.380. The van der Waals surface area contributed by atoms with Crippen LogP contribution in [-0.4, -0.2) is 25.7 Å². The van der Waals surface area contributed by atoms with Crippen molar-refractivity contribution in [2.24, 2.45) is 5.73 Å². The van der Waals surface area contributed by atoms with E-state index < -0.39 is 5.91 Å². The molecule has 0 radical (unpaired) electrons. The van der Waals surface area contributed by atoms with Crippen molar-refractivity contribution in [1.29, 1.82) is 0 Å². The van der Waals surface area contributed by atoms with E-state index in [1.54, 1.807) is 23.1 Å². The van der Waals surface area contributed by atoms with Crippen molar-refractivity contribution >= 4 is 16.9 Å². The molecule has 3 aromatic rings. The highest BCUT2D eigenvalue weighted by Crippen LogP contribution is 2.13. The van der Waals surface area contributed by atoms with Crippen molar-refractivity contribution < 1.29 is 4.79 Å². The summed E-state index contributed by atoms with van der Waals surface area (Å²) in [6.45, 7) is 0.535. The molecular weight excluding hydrogens is 242 g/mol. The third-order valence-corrected chi connectivity index (χ3v) is 2.80. The number of primary amides is 1. The number of rotatable bonds is 3. The first-order chi connectivity index (χ1) is 9.24. The van der Waals surface area contributed by atoms with Crippen LogP contribution < -0.4 is 5.73 Å². The lowest BCUT2D eigenvalue weighted by Gasteiger charge is -2.02. The molecule has 3 heterocycles. The first-order valence-corrected chi connectivity index (χ1v) is 5.75. The monoisotopic (exact) mass is 253 g/mol. The Hall–Kier alpha value is -2.76. The number of hydrogen-bond acceptors (Lipinski definition) is 4. The number of nitrogens with zero attached hydrogens (tertiary/aromatic N) is 4. The molecule has 2 N–H and O–H groups in total. The van der Waals surface area contributed by atoms with E-state index in [1.165, 1.54) is 6.20 Å². The van der Waals surface area contributed by atoms with Crippen LogP contribution in [0.3, 0.4) is 0 Å². The number of hydrogen-bond donors (Lipinski definition) is 1. The zero-order chi connectivity index (χ0) is 13.2. The highest BCUT2D eigenvalue weighted by atomic mass is 16.1. The average molecular weight is 253 g/mol. The number of carbonyl (C=O) groups is 1. The Balaban J connectivity index is 1.99. The van der Waals surface area contributed by atoms with Crippen molar-refractivity contribution in [3.63, 3.8) is 0 Å². The number of aromatic nitrogens is 4. The van der Waals surface area contributed by atoms with Crippen molar-refractivity contribution in [2.45, 2.75) is 6.54 Å².